The third-order valence-electron chi connectivity index (χ3n) is 2.84. The molecule has 0 aliphatic heterocycles. The number of amides is 1. The van der Waals surface area contributed by atoms with Gasteiger partial charge in [-0.15, -0.1) is 0 Å². The van der Waals surface area contributed by atoms with Gasteiger partial charge in [0.25, 0.3) is 15.9 Å². The van der Waals surface area contributed by atoms with Crippen molar-refractivity contribution in [1.29, 1.82) is 0 Å². The fourth-order valence-electron chi connectivity index (χ4n) is 1.80. The van der Waals surface area contributed by atoms with Crippen LogP contribution in [0, 0.1) is 0 Å². The predicted molar refractivity (Wildman–Crippen MR) is 86.7 cm³/mol. The van der Waals surface area contributed by atoms with Gasteiger partial charge in [-0.2, -0.15) is 0 Å². The van der Waals surface area contributed by atoms with Crippen molar-refractivity contribution in [2.45, 2.75) is 11.8 Å². The molecule has 0 aliphatic rings. The third kappa shape index (κ3) is 3.99. The SMILES string of the molecule is CCNC(=O)c1cccc(S(=O)(=O)Nc2ccc(Cl)cc2)c1. The van der Waals surface area contributed by atoms with Gasteiger partial charge in [0.05, 0.1) is 4.90 Å². The lowest BCUT2D eigenvalue weighted by Gasteiger charge is -2.09. The maximum absolute atomic E-state index is 12.3. The summed E-state index contributed by atoms with van der Waals surface area (Å²) in [6, 6.07) is 12.2. The average Bonchev–Trinajstić information content (AvgIpc) is 2.50. The Labute approximate surface area is 134 Å². The molecule has 0 spiro atoms. The second-order valence-corrected chi connectivity index (χ2v) is 6.62. The molecule has 2 aromatic rings. The van der Waals surface area contributed by atoms with Crippen LogP contribution in [0.15, 0.2) is 53.4 Å². The summed E-state index contributed by atoms with van der Waals surface area (Å²) in [5.74, 6) is -0.314. The number of benzene rings is 2. The number of rotatable bonds is 5. The van der Waals surface area contributed by atoms with E-state index < -0.39 is 10.0 Å². The normalized spacial score (nSPS) is 11.0. The van der Waals surface area contributed by atoms with E-state index in [4.69, 9.17) is 11.6 Å². The molecule has 0 saturated heterocycles. The lowest BCUT2D eigenvalue weighted by Crippen LogP contribution is -2.23. The molecule has 2 N–H and O–H groups in total. The van der Waals surface area contributed by atoms with E-state index in [0.717, 1.165) is 0 Å². The Bertz CT molecular complexity index is 774. The highest BCUT2D eigenvalue weighted by Crippen LogP contribution is 2.19. The molecule has 0 saturated carbocycles. The van der Waals surface area contributed by atoms with Crippen LogP contribution in [0.5, 0.6) is 0 Å². The average molecular weight is 339 g/mol. The second kappa shape index (κ2) is 6.81. The van der Waals surface area contributed by atoms with Gasteiger partial charge in [-0.25, -0.2) is 8.42 Å². The van der Waals surface area contributed by atoms with Crippen molar-refractivity contribution in [2.24, 2.45) is 0 Å². The molecule has 7 heteroatoms. The highest BCUT2D eigenvalue weighted by molar-refractivity contribution is 7.92. The molecule has 0 heterocycles. The van der Waals surface area contributed by atoms with Crippen LogP contribution < -0.4 is 10.0 Å². The highest BCUT2D eigenvalue weighted by Gasteiger charge is 2.16. The molecule has 22 heavy (non-hydrogen) atoms. The number of anilines is 1. The lowest BCUT2D eigenvalue weighted by molar-refractivity contribution is 0.0955. The van der Waals surface area contributed by atoms with Crippen LogP contribution >= 0.6 is 11.6 Å². The van der Waals surface area contributed by atoms with Crippen LogP contribution in [0.3, 0.4) is 0 Å². The summed E-state index contributed by atoms with van der Waals surface area (Å²) in [6.07, 6.45) is 0. The van der Waals surface area contributed by atoms with Gasteiger partial charge >= 0.3 is 0 Å². The van der Waals surface area contributed by atoms with Crippen molar-refractivity contribution in [3.63, 3.8) is 0 Å². The first-order chi connectivity index (χ1) is 10.4. The van der Waals surface area contributed by atoms with Crippen LogP contribution in [-0.2, 0) is 10.0 Å². The van der Waals surface area contributed by atoms with Crippen molar-refractivity contribution < 1.29 is 13.2 Å². The van der Waals surface area contributed by atoms with E-state index in [2.05, 4.69) is 10.0 Å². The number of halogens is 1. The number of carbonyl (C=O) groups is 1. The zero-order valence-electron chi connectivity index (χ0n) is 11.8. The molecule has 5 nitrogen and oxygen atoms in total. The standard InChI is InChI=1S/C15H15ClN2O3S/c1-2-17-15(19)11-4-3-5-14(10-11)22(20,21)18-13-8-6-12(16)7-9-13/h3-10,18H,2H2,1H3,(H,17,19). The Kier molecular flexibility index (Phi) is 5.05. The number of sulfonamides is 1. The molecule has 0 unspecified atom stereocenters. The Balaban J connectivity index is 2.27. The van der Waals surface area contributed by atoms with Gasteiger partial charge in [0.2, 0.25) is 0 Å². The van der Waals surface area contributed by atoms with E-state index in [0.29, 0.717) is 22.8 Å². The molecule has 0 radical (unpaired) electrons. The lowest BCUT2D eigenvalue weighted by atomic mass is 10.2. The Morgan fingerprint density at radius 3 is 2.45 bits per heavy atom. The smallest absolute Gasteiger partial charge is 0.261 e. The molecule has 1 amide bonds. The van der Waals surface area contributed by atoms with E-state index in [1.807, 2.05) is 0 Å². The maximum atomic E-state index is 12.3. The van der Waals surface area contributed by atoms with Crippen LogP contribution in [0.4, 0.5) is 5.69 Å². The molecule has 2 rings (SSSR count). The molecule has 2 aromatic carbocycles. The number of nitrogens with one attached hydrogen (secondary N) is 2. The van der Waals surface area contributed by atoms with Gasteiger partial charge in [0.15, 0.2) is 0 Å². The molecule has 116 valence electrons. The molecule has 0 atom stereocenters. The topological polar surface area (TPSA) is 75.3 Å². The summed E-state index contributed by atoms with van der Waals surface area (Å²) in [7, 11) is -3.77. The van der Waals surface area contributed by atoms with Gasteiger partial charge in [-0.3, -0.25) is 9.52 Å². The summed E-state index contributed by atoms with van der Waals surface area (Å²) in [5.41, 5.74) is 0.689. The predicted octanol–water partition coefficient (Wildman–Crippen LogP) is 2.89. The minimum absolute atomic E-state index is 0.0196. The van der Waals surface area contributed by atoms with Crippen molar-refractivity contribution in [3.8, 4) is 0 Å². The Hall–Kier alpha value is -2.05. The van der Waals surface area contributed by atoms with Gasteiger partial charge in [-0.1, -0.05) is 17.7 Å². The van der Waals surface area contributed by atoms with Gasteiger partial charge in [-0.05, 0) is 49.4 Å². The molecule has 0 fully saturated rings. The molecule has 0 aromatic heterocycles. The summed E-state index contributed by atoms with van der Waals surface area (Å²) in [4.78, 5) is 11.8. The minimum atomic E-state index is -3.77. The first-order valence-electron chi connectivity index (χ1n) is 6.59. The van der Waals surface area contributed by atoms with E-state index in [-0.39, 0.29) is 10.8 Å². The summed E-state index contributed by atoms with van der Waals surface area (Å²) < 4.78 is 27.1. The van der Waals surface area contributed by atoms with Gasteiger partial charge in [0, 0.05) is 22.8 Å². The number of carbonyl (C=O) groups excluding carboxylic acids is 1. The zero-order valence-corrected chi connectivity index (χ0v) is 13.4. The number of hydrogen-bond donors (Lipinski definition) is 2. The Morgan fingerprint density at radius 1 is 1.14 bits per heavy atom. The fraction of sp³-hybridized carbons (Fsp3) is 0.133. The fourth-order valence-corrected chi connectivity index (χ4v) is 3.03. The van der Waals surface area contributed by atoms with Crippen LogP contribution in [0.25, 0.3) is 0 Å². The third-order valence-corrected chi connectivity index (χ3v) is 4.47. The maximum Gasteiger partial charge on any atom is 0.261 e. The first kappa shape index (κ1) is 16.3. The highest BCUT2D eigenvalue weighted by atomic mass is 35.5. The number of hydrogen-bond acceptors (Lipinski definition) is 3. The monoisotopic (exact) mass is 338 g/mol. The first-order valence-corrected chi connectivity index (χ1v) is 8.45. The van der Waals surface area contributed by atoms with Crippen molar-refractivity contribution in [3.05, 3.63) is 59.1 Å². The van der Waals surface area contributed by atoms with Crippen molar-refractivity contribution in [1.82, 2.24) is 5.32 Å². The van der Waals surface area contributed by atoms with Crippen LogP contribution in [-0.4, -0.2) is 20.9 Å². The summed E-state index contributed by atoms with van der Waals surface area (Å²) >= 11 is 5.76. The van der Waals surface area contributed by atoms with E-state index in [1.165, 1.54) is 18.2 Å². The van der Waals surface area contributed by atoms with E-state index >= 15 is 0 Å². The summed E-state index contributed by atoms with van der Waals surface area (Å²) in [5, 5.41) is 3.14. The molecular formula is C15H15ClN2O3S. The van der Waals surface area contributed by atoms with Gasteiger partial charge in [0.1, 0.15) is 0 Å². The van der Waals surface area contributed by atoms with E-state index in [1.54, 1.807) is 37.3 Å². The molecular weight excluding hydrogens is 324 g/mol. The summed E-state index contributed by atoms with van der Waals surface area (Å²) in [6.45, 7) is 2.26. The minimum Gasteiger partial charge on any atom is -0.352 e. The quantitative estimate of drug-likeness (QED) is 0.880. The van der Waals surface area contributed by atoms with Crippen molar-refractivity contribution >= 4 is 33.2 Å². The largest absolute Gasteiger partial charge is 0.352 e. The van der Waals surface area contributed by atoms with E-state index in [9.17, 15) is 13.2 Å². The molecule has 0 bridgehead atoms. The molecule has 0 aliphatic carbocycles. The second-order valence-electron chi connectivity index (χ2n) is 4.50. The zero-order chi connectivity index (χ0) is 16.2. The van der Waals surface area contributed by atoms with Gasteiger partial charge < -0.3 is 5.32 Å². The van der Waals surface area contributed by atoms with Crippen LogP contribution in [0.1, 0.15) is 17.3 Å². The van der Waals surface area contributed by atoms with Crippen LogP contribution in [0.2, 0.25) is 5.02 Å². The Morgan fingerprint density at radius 2 is 1.82 bits per heavy atom. The van der Waals surface area contributed by atoms with Crippen molar-refractivity contribution in [2.75, 3.05) is 11.3 Å².